The number of ether oxygens (including phenoxy) is 3. The molecular formula is C18H29NO3. The first-order valence-corrected chi connectivity index (χ1v) is 8.43. The maximum absolute atomic E-state index is 5.70. The molecule has 0 spiro atoms. The zero-order valence-electron chi connectivity index (χ0n) is 13.5. The number of rotatable bonds is 5. The van der Waals surface area contributed by atoms with Crippen LogP contribution in [0.25, 0.3) is 0 Å². The third-order valence-corrected chi connectivity index (χ3v) is 3.98. The van der Waals surface area contributed by atoms with Crippen molar-refractivity contribution < 1.29 is 14.2 Å². The highest BCUT2D eigenvalue weighted by atomic mass is 16.6. The predicted molar refractivity (Wildman–Crippen MR) is 87.9 cm³/mol. The Morgan fingerprint density at radius 2 is 1.59 bits per heavy atom. The molecule has 0 atom stereocenters. The van der Waals surface area contributed by atoms with Gasteiger partial charge in [0, 0.05) is 6.61 Å². The van der Waals surface area contributed by atoms with Crippen molar-refractivity contribution in [2.75, 3.05) is 46.1 Å². The van der Waals surface area contributed by atoms with E-state index in [0.717, 1.165) is 45.6 Å². The molecule has 4 nitrogen and oxygen atoms in total. The van der Waals surface area contributed by atoms with Crippen molar-refractivity contribution in [3.63, 3.8) is 0 Å². The first kappa shape index (κ1) is 17.4. The molecule has 1 aromatic carbocycles. The van der Waals surface area contributed by atoms with Crippen molar-refractivity contribution in [1.82, 2.24) is 5.32 Å². The van der Waals surface area contributed by atoms with Gasteiger partial charge in [-0.15, -0.1) is 0 Å². The van der Waals surface area contributed by atoms with E-state index < -0.39 is 0 Å². The molecular weight excluding hydrogens is 278 g/mol. The molecule has 2 aliphatic rings. The van der Waals surface area contributed by atoms with Crippen molar-refractivity contribution in [3.05, 3.63) is 35.9 Å². The van der Waals surface area contributed by atoms with Gasteiger partial charge in [0.05, 0.1) is 33.0 Å². The smallest absolute Gasteiger partial charge is 0.0716 e. The molecule has 0 saturated carbocycles. The highest BCUT2D eigenvalue weighted by molar-refractivity contribution is 5.13. The van der Waals surface area contributed by atoms with Gasteiger partial charge < -0.3 is 19.5 Å². The second-order valence-electron chi connectivity index (χ2n) is 5.74. The molecule has 1 N–H and O–H groups in total. The van der Waals surface area contributed by atoms with Gasteiger partial charge >= 0.3 is 0 Å². The van der Waals surface area contributed by atoms with E-state index in [2.05, 4.69) is 29.6 Å². The van der Waals surface area contributed by atoms with E-state index in [0.29, 0.717) is 0 Å². The Labute approximate surface area is 134 Å². The largest absolute Gasteiger partial charge is 0.377 e. The summed E-state index contributed by atoms with van der Waals surface area (Å²) < 4.78 is 15.6. The molecule has 4 heteroatoms. The quantitative estimate of drug-likeness (QED) is 0.849. The van der Waals surface area contributed by atoms with Crippen LogP contribution in [0.5, 0.6) is 0 Å². The van der Waals surface area contributed by atoms with Crippen LogP contribution in [-0.4, -0.2) is 46.1 Å². The number of hydrogen-bond acceptors (Lipinski definition) is 4. The van der Waals surface area contributed by atoms with Gasteiger partial charge in [-0.05, 0) is 43.8 Å². The Morgan fingerprint density at radius 1 is 0.955 bits per heavy atom. The van der Waals surface area contributed by atoms with E-state index in [1.807, 2.05) is 6.07 Å². The second kappa shape index (κ2) is 11.6. The summed E-state index contributed by atoms with van der Waals surface area (Å²) in [6.07, 6.45) is 3.85. The maximum atomic E-state index is 5.70. The lowest BCUT2D eigenvalue weighted by Crippen LogP contribution is -2.28. The molecule has 3 rings (SSSR count). The second-order valence-corrected chi connectivity index (χ2v) is 5.74. The van der Waals surface area contributed by atoms with Gasteiger partial charge in [-0.3, -0.25) is 0 Å². The first-order valence-electron chi connectivity index (χ1n) is 8.43. The van der Waals surface area contributed by atoms with E-state index in [1.54, 1.807) is 0 Å². The van der Waals surface area contributed by atoms with Gasteiger partial charge in [-0.1, -0.05) is 30.3 Å². The van der Waals surface area contributed by atoms with Crippen LogP contribution in [0.3, 0.4) is 0 Å². The first-order chi connectivity index (χ1) is 10.9. The lowest BCUT2D eigenvalue weighted by Gasteiger charge is -2.22. The summed E-state index contributed by atoms with van der Waals surface area (Å²) in [5.74, 6) is 0.872. The molecule has 0 radical (unpaired) electrons. The predicted octanol–water partition coefficient (Wildman–Crippen LogP) is 2.63. The number of hydrogen-bond donors (Lipinski definition) is 1. The van der Waals surface area contributed by atoms with E-state index in [4.69, 9.17) is 14.2 Å². The Hall–Kier alpha value is -0.940. The van der Waals surface area contributed by atoms with E-state index in [-0.39, 0.29) is 0 Å². The summed E-state index contributed by atoms with van der Waals surface area (Å²) in [4.78, 5) is 0. The molecule has 2 aliphatic heterocycles. The van der Waals surface area contributed by atoms with E-state index in [9.17, 15) is 0 Å². The third kappa shape index (κ3) is 7.90. The number of benzene rings is 1. The van der Waals surface area contributed by atoms with Gasteiger partial charge in [-0.2, -0.15) is 0 Å². The van der Waals surface area contributed by atoms with Gasteiger partial charge in [0.15, 0.2) is 0 Å². The van der Waals surface area contributed by atoms with Crippen LogP contribution < -0.4 is 5.32 Å². The lowest BCUT2D eigenvalue weighted by molar-refractivity contribution is -0.0334. The Bertz CT molecular complexity index is 350. The molecule has 2 heterocycles. The summed E-state index contributed by atoms with van der Waals surface area (Å²) in [5.41, 5.74) is 1.27. The van der Waals surface area contributed by atoms with Crippen LogP contribution in [0.2, 0.25) is 0 Å². The van der Waals surface area contributed by atoms with E-state index in [1.165, 1.54) is 37.9 Å². The normalized spacial score (nSPS) is 19.3. The van der Waals surface area contributed by atoms with Crippen LogP contribution in [0.1, 0.15) is 24.8 Å². The zero-order chi connectivity index (χ0) is 15.3. The summed E-state index contributed by atoms with van der Waals surface area (Å²) in [6.45, 7) is 7.14. The average Bonchev–Trinajstić information content (AvgIpc) is 2.63. The topological polar surface area (TPSA) is 39.7 Å². The van der Waals surface area contributed by atoms with Crippen LogP contribution in [0.15, 0.2) is 30.3 Å². The number of piperidine rings is 1. The van der Waals surface area contributed by atoms with Crippen LogP contribution in [0, 0.1) is 5.92 Å². The maximum Gasteiger partial charge on any atom is 0.0716 e. The molecule has 22 heavy (non-hydrogen) atoms. The fourth-order valence-corrected chi connectivity index (χ4v) is 2.62. The summed E-state index contributed by atoms with van der Waals surface area (Å²) in [5, 5.41) is 3.39. The lowest BCUT2D eigenvalue weighted by atomic mass is 9.95. The molecule has 2 fully saturated rings. The van der Waals surface area contributed by atoms with E-state index >= 15 is 0 Å². The summed E-state index contributed by atoms with van der Waals surface area (Å²) >= 11 is 0. The fraction of sp³-hybridized carbons (Fsp3) is 0.667. The third-order valence-electron chi connectivity index (χ3n) is 3.98. The minimum Gasteiger partial charge on any atom is -0.377 e. The van der Waals surface area contributed by atoms with Crippen molar-refractivity contribution in [2.24, 2.45) is 5.92 Å². The zero-order valence-corrected chi connectivity index (χ0v) is 13.5. The number of nitrogens with one attached hydrogen (secondary N) is 1. The van der Waals surface area contributed by atoms with Crippen molar-refractivity contribution in [2.45, 2.75) is 25.9 Å². The Kier molecular flexibility index (Phi) is 9.19. The molecule has 1 aromatic rings. The minimum atomic E-state index is 0.756. The highest BCUT2D eigenvalue weighted by Crippen LogP contribution is 2.15. The van der Waals surface area contributed by atoms with Crippen LogP contribution in [0.4, 0.5) is 0 Å². The molecule has 0 amide bonds. The van der Waals surface area contributed by atoms with Gasteiger partial charge in [-0.25, -0.2) is 0 Å². The van der Waals surface area contributed by atoms with Gasteiger partial charge in [0.2, 0.25) is 0 Å². The Balaban J connectivity index is 0.000000246. The fourth-order valence-electron chi connectivity index (χ4n) is 2.62. The highest BCUT2D eigenvalue weighted by Gasteiger charge is 2.12. The standard InChI is InChI=1S/C14H21NO.C4H8O2/c1-2-4-14(5-3-1)12-16-11-8-13-6-9-15-10-7-13;1-2-6-4-3-5-1/h1-5,13,15H,6-12H2;1-4H2. The van der Waals surface area contributed by atoms with Crippen LogP contribution in [-0.2, 0) is 20.8 Å². The van der Waals surface area contributed by atoms with Gasteiger partial charge in [0.25, 0.3) is 0 Å². The Morgan fingerprint density at radius 3 is 2.18 bits per heavy atom. The molecule has 0 unspecified atom stereocenters. The molecule has 124 valence electrons. The van der Waals surface area contributed by atoms with Gasteiger partial charge in [0.1, 0.15) is 0 Å². The van der Waals surface area contributed by atoms with Crippen molar-refractivity contribution in [3.8, 4) is 0 Å². The minimum absolute atomic E-state index is 0.756. The molecule has 0 aromatic heterocycles. The van der Waals surface area contributed by atoms with Crippen LogP contribution >= 0.6 is 0 Å². The molecule has 0 bridgehead atoms. The SMILES string of the molecule is C1COCCO1.c1ccc(COCCC2CCNCC2)cc1. The summed E-state index contributed by atoms with van der Waals surface area (Å²) in [6, 6.07) is 10.4. The molecule has 2 saturated heterocycles. The molecule has 0 aliphatic carbocycles. The van der Waals surface area contributed by atoms with Crippen molar-refractivity contribution in [1.29, 1.82) is 0 Å². The van der Waals surface area contributed by atoms with Crippen molar-refractivity contribution >= 4 is 0 Å². The summed E-state index contributed by atoms with van der Waals surface area (Å²) in [7, 11) is 0. The monoisotopic (exact) mass is 307 g/mol. The average molecular weight is 307 g/mol.